The molecule has 0 aromatic carbocycles. The fourth-order valence-corrected chi connectivity index (χ4v) is 3.54. The van der Waals surface area contributed by atoms with Crippen molar-refractivity contribution in [3.05, 3.63) is 40.8 Å². The molecule has 1 unspecified atom stereocenters. The second kappa shape index (κ2) is 6.26. The molecule has 1 saturated heterocycles. The summed E-state index contributed by atoms with van der Waals surface area (Å²) in [5.41, 5.74) is 4.05. The molecule has 0 N–H and O–H groups in total. The molecule has 6 heteroatoms. The van der Waals surface area contributed by atoms with Crippen LogP contribution in [0.15, 0.2) is 18.3 Å². The van der Waals surface area contributed by atoms with Crippen molar-refractivity contribution in [3.63, 3.8) is 0 Å². The van der Waals surface area contributed by atoms with Crippen LogP contribution in [-0.2, 0) is 7.05 Å². The molecule has 3 heterocycles. The van der Waals surface area contributed by atoms with Gasteiger partial charge in [0.25, 0.3) is 5.91 Å². The molecule has 2 aromatic heterocycles. The predicted molar refractivity (Wildman–Crippen MR) is 94.3 cm³/mol. The molecule has 0 spiro atoms. The van der Waals surface area contributed by atoms with Crippen LogP contribution in [0.25, 0.3) is 0 Å². The Hall–Kier alpha value is -2.37. The number of carbonyl (C=O) groups is 1. The van der Waals surface area contributed by atoms with Gasteiger partial charge in [0.2, 0.25) is 0 Å². The first-order chi connectivity index (χ1) is 11.4. The van der Waals surface area contributed by atoms with E-state index in [1.54, 1.807) is 12.3 Å². The lowest BCUT2D eigenvalue weighted by Gasteiger charge is -2.26. The molecule has 0 bridgehead atoms. The van der Waals surface area contributed by atoms with Crippen molar-refractivity contribution in [2.24, 2.45) is 7.05 Å². The molecule has 0 aliphatic carbocycles. The van der Waals surface area contributed by atoms with Crippen molar-refractivity contribution >= 4 is 11.7 Å². The normalized spacial score (nSPS) is 17.4. The highest BCUT2D eigenvalue weighted by atomic mass is 16.2. The summed E-state index contributed by atoms with van der Waals surface area (Å²) in [6.45, 7) is 4.89. The van der Waals surface area contributed by atoms with Crippen LogP contribution < -0.4 is 4.90 Å². The summed E-state index contributed by atoms with van der Waals surface area (Å²) in [4.78, 5) is 21.3. The van der Waals surface area contributed by atoms with E-state index in [4.69, 9.17) is 0 Å². The third-order valence-electron chi connectivity index (χ3n) is 4.86. The van der Waals surface area contributed by atoms with E-state index >= 15 is 0 Å². The van der Waals surface area contributed by atoms with E-state index in [0.717, 1.165) is 36.6 Å². The minimum atomic E-state index is 0.0747. The Morgan fingerprint density at radius 1 is 1.33 bits per heavy atom. The summed E-state index contributed by atoms with van der Waals surface area (Å²) in [5, 5.41) is 4.52. The maximum Gasteiger partial charge on any atom is 0.254 e. The Morgan fingerprint density at radius 2 is 2.08 bits per heavy atom. The highest BCUT2D eigenvalue weighted by Gasteiger charge is 2.34. The third-order valence-corrected chi connectivity index (χ3v) is 4.86. The van der Waals surface area contributed by atoms with Gasteiger partial charge in [-0.3, -0.25) is 9.48 Å². The number of pyridine rings is 1. The van der Waals surface area contributed by atoms with Gasteiger partial charge in [-0.15, -0.1) is 0 Å². The zero-order valence-corrected chi connectivity index (χ0v) is 15.1. The third kappa shape index (κ3) is 2.77. The predicted octanol–water partition coefficient (Wildman–Crippen LogP) is 2.48. The lowest BCUT2D eigenvalue weighted by atomic mass is 10.0. The van der Waals surface area contributed by atoms with E-state index in [-0.39, 0.29) is 11.9 Å². The highest BCUT2D eigenvalue weighted by molar-refractivity contribution is 5.95. The number of rotatable bonds is 3. The molecule has 2 aromatic rings. The van der Waals surface area contributed by atoms with Crippen LogP contribution in [0.1, 0.15) is 46.2 Å². The Labute approximate surface area is 143 Å². The van der Waals surface area contributed by atoms with Gasteiger partial charge in [-0.05, 0) is 38.8 Å². The van der Waals surface area contributed by atoms with Crippen LogP contribution in [0, 0.1) is 13.8 Å². The van der Waals surface area contributed by atoms with E-state index in [1.165, 1.54) is 5.56 Å². The number of aromatic nitrogens is 3. The van der Waals surface area contributed by atoms with Crippen molar-refractivity contribution in [2.45, 2.75) is 32.7 Å². The average Bonchev–Trinajstić information content (AvgIpc) is 3.11. The number of amides is 1. The molecule has 0 radical (unpaired) electrons. The molecule has 1 amide bonds. The van der Waals surface area contributed by atoms with Gasteiger partial charge in [-0.2, -0.15) is 5.10 Å². The summed E-state index contributed by atoms with van der Waals surface area (Å²) in [6, 6.07) is 3.77. The van der Waals surface area contributed by atoms with Crippen LogP contribution in [-0.4, -0.2) is 46.2 Å². The van der Waals surface area contributed by atoms with Crippen LogP contribution >= 0.6 is 0 Å². The van der Waals surface area contributed by atoms with Gasteiger partial charge >= 0.3 is 0 Å². The van der Waals surface area contributed by atoms with Gasteiger partial charge in [-0.1, -0.05) is 0 Å². The highest BCUT2D eigenvalue weighted by Crippen LogP contribution is 2.36. The summed E-state index contributed by atoms with van der Waals surface area (Å²) in [6.07, 6.45) is 3.72. The topological polar surface area (TPSA) is 54.3 Å². The van der Waals surface area contributed by atoms with Crippen LogP contribution in [0.5, 0.6) is 0 Å². The van der Waals surface area contributed by atoms with Gasteiger partial charge < -0.3 is 9.80 Å². The quantitative estimate of drug-likeness (QED) is 0.869. The Bertz CT molecular complexity index is 765. The Kier molecular flexibility index (Phi) is 4.30. The lowest BCUT2D eigenvalue weighted by molar-refractivity contribution is 0.0735. The number of hydrogen-bond donors (Lipinski definition) is 0. The standard InChI is InChI=1S/C18H25N5O/c1-12-17(13(2)22(5)20-12)15-7-6-10-23(15)18(24)14-8-9-19-16(11-14)21(3)4/h8-9,11,15H,6-7,10H2,1-5H3. The van der Waals surface area contributed by atoms with Crippen LogP contribution in [0.4, 0.5) is 5.82 Å². The van der Waals surface area contributed by atoms with E-state index in [9.17, 15) is 4.79 Å². The molecule has 1 atom stereocenters. The van der Waals surface area contributed by atoms with Crippen molar-refractivity contribution < 1.29 is 4.79 Å². The fourth-order valence-electron chi connectivity index (χ4n) is 3.54. The maximum absolute atomic E-state index is 13.1. The molecular weight excluding hydrogens is 302 g/mol. The largest absolute Gasteiger partial charge is 0.363 e. The van der Waals surface area contributed by atoms with Crippen molar-refractivity contribution in [3.8, 4) is 0 Å². The monoisotopic (exact) mass is 327 g/mol. The molecule has 1 fully saturated rings. The molecule has 128 valence electrons. The zero-order chi connectivity index (χ0) is 17.4. The minimum absolute atomic E-state index is 0.0747. The number of aryl methyl sites for hydroxylation is 2. The zero-order valence-electron chi connectivity index (χ0n) is 15.1. The Balaban J connectivity index is 1.93. The minimum Gasteiger partial charge on any atom is -0.363 e. The molecule has 24 heavy (non-hydrogen) atoms. The van der Waals surface area contributed by atoms with Gasteiger partial charge in [0, 0.05) is 50.7 Å². The van der Waals surface area contributed by atoms with E-state index < -0.39 is 0 Å². The number of nitrogens with zero attached hydrogens (tertiary/aromatic N) is 5. The number of likely N-dealkylation sites (tertiary alicyclic amines) is 1. The average molecular weight is 327 g/mol. The van der Waals surface area contributed by atoms with E-state index in [1.807, 2.05) is 48.6 Å². The van der Waals surface area contributed by atoms with E-state index in [2.05, 4.69) is 17.0 Å². The summed E-state index contributed by atoms with van der Waals surface area (Å²) < 4.78 is 1.90. The summed E-state index contributed by atoms with van der Waals surface area (Å²) in [5.74, 6) is 0.871. The van der Waals surface area contributed by atoms with Gasteiger partial charge in [-0.25, -0.2) is 4.98 Å². The van der Waals surface area contributed by atoms with Crippen molar-refractivity contribution in [1.29, 1.82) is 0 Å². The van der Waals surface area contributed by atoms with Crippen molar-refractivity contribution in [2.75, 3.05) is 25.5 Å². The van der Waals surface area contributed by atoms with Gasteiger partial charge in [0.05, 0.1) is 11.7 Å². The summed E-state index contributed by atoms with van der Waals surface area (Å²) in [7, 11) is 5.81. The first-order valence-corrected chi connectivity index (χ1v) is 8.34. The maximum atomic E-state index is 13.1. The number of anilines is 1. The molecule has 6 nitrogen and oxygen atoms in total. The molecule has 1 aliphatic heterocycles. The van der Waals surface area contributed by atoms with Gasteiger partial charge in [0.1, 0.15) is 5.82 Å². The van der Waals surface area contributed by atoms with Crippen LogP contribution in [0.2, 0.25) is 0 Å². The summed E-state index contributed by atoms with van der Waals surface area (Å²) >= 11 is 0. The second-order valence-electron chi connectivity index (χ2n) is 6.66. The smallest absolute Gasteiger partial charge is 0.254 e. The SMILES string of the molecule is Cc1nn(C)c(C)c1C1CCCN1C(=O)c1ccnc(N(C)C)c1. The number of carbonyl (C=O) groups excluding carboxylic acids is 1. The lowest BCUT2D eigenvalue weighted by Crippen LogP contribution is -2.31. The van der Waals surface area contributed by atoms with Crippen molar-refractivity contribution in [1.82, 2.24) is 19.7 Å². The number of hydrogen-bond acceptors (Lipinski definition) is 4. The fraction of sp³-hybridized carbons (Fsp3) is 0.500. The molecular formula is C18H25N5O. The van der Waals surface area contributed by atoms with E-state index in [0.29, 0.717) is 5.56 Å². The van der Waals surface area contributed by atoms with Gasteiger partial charge in [0.15, 0.2) is 0 Å². The molecule has 0 saturated carbocycles. The Morgan fingerprint density at radius 3 is 2.71 bits per heavy atom. The first-order valence-electron chi connectivity index (χ1n) is 8.34. The second-order valence-corrected chi connectivity index (χ2v) is 6.66. The van der Waals surface area contributed by atoms with Crippen LogP contribution in [0.3, 0.4) is 0 Å². The first kappa shape index (κ1) is 16.5. The molecule has 1 aliphatic rings. The molecule has 3 rings (SSSR count).